The van der Waals surface area contributed by atoms with Crippen LogP contribution in [0.1, 0.15) is 20.7 Å². The van der Waals surface area contributed by atoms with Gasteiger partial charge < -0.3 is 5.32 Å². The lowest BCUT2D eigenvalue weighted by molar-refractivity contribution is 0.101. The Hall–Kier alpha value is -3.71. The van der Waals surface area contributed by atoms with Gasteiger partial charge in [0.1, 0.15) is 5.82 Å². The Morgan fingerprint density at radius 1 is 0.935 bits per heavy atom. The minimum absolute atomic E-state index is 0.115. The second-order valence-electron chi connectivity index (χ2n) is 6.67. The van der Waals surface area contributed by atoms with Gasteiger partial charge in [-0.15, -0.1) is 0 Å². The predicted molar refractivity (Wildman–Crippen MR) is 119 cm³/mol. The molecule has 1 heterocycles. The first-order chi connectivity index (χ1) is 15.1. The number of aromatic nitrogens is 2. The fraction of sp³-hybridized carbons (Fsp3) is 0.0417. The van der Waals surface area contributed by atoms with E-state index in [9.17, 15) is 14.0 Å². The minimum atomic E-state index is -0.379. The quantitative estimate of drug-likeness (QED) is 0.321. The highest BCUT2D eigenvalue weighted by Crippen LogP contribution is 2.22. The average molecular weight is 431 g/mol. The topological polar surface area (TPSA) is 64.0 Å². The number of imidazole rings is 1. The number of hydrogen-bond acceptors (Lipinski definition) is 4. The zero-order valence-electron chi connectivity index (χ0n) is 16.4. The molecule has 154 valence electrons. The van der Waals surface area contributed by atoms with Crippen LogP contribution in [0.5, 0.6) is 0 Å². The smallest absolute Gasteiger partial charge is 0.255 e. The number of nitrogens with zero attached hydrogens (tertiary/aromatic N) is 2. The summed E-state index contributed by atoms with van der Waals surface area (Å²) in [5.74, 6) is -0.545. The van der Waals surface area contributed by atoms with Gasteiger partial charge in [-0.1, -0.05) is 36.0 Å². The normalized spacial score (nSPS) is 10.6. The molecule has 0 unspecified atom stereocenters. The monoisotopic (exact) mass is 431 g/mol. The second kappa shape index (κ2) is 9.40. The fourth-order valence-corrected chi connectivity index (χ4v) is 3.83. The molecule has 31 heavy (non-hydrogen) atoms. The van der Waals surface area contributed by atoms with Crippen LogP contribution in [0.4, 0.5) is 10.1 Å². The molecule has 0 spiro atoms. The van der Waals surface area contributed by atoms with E-state index in [1.165, 1.54) is 36.0 Å². The van der Waals surface area contributed by atoms with Crippen molar-refractivity contribution in [1.82, 2.24) is 9.55 Å². The van der Waals surface area contributed by atoms with Crippen molar-refractivity contribution in [2.45, 2.75) is 5.16 Å². The number of hydrogen-bond donors (Lipinski definition) is 1. The first-order valence-electron chi connectivity index (χ1n) is 9.52. The Bertz CT molecular complexity index is 1210. The van der Waals surface area contributed by atoms with Gasteiger partial charge in [-0.25, -0.2) is 9.37 Å². The van der Waals surface area contributed by atoms with Gasteiger partial charge in [-0.05, 0) is 54.6 Å². The van der Waals surface area contributed by atoms with Crippen molar-refractivity contribution < 1.29 is 14.0 Å². The van der Waals surface area contributed by atoms with Gasteiger partial charge in [0, 0.05) is 34.9 Å². The van der Waals surface area contributed by atoms with E-state index >= 15 is 0 Å². The molecule has 0 fully saturated rings. The maximum atomic E-state index is 13.1. The van der Waals surface area contributed by atoms with E-state index in [0.29, 0.717) is 16.3 Å². The summed E-state index contributed by atoms with van der Waals surface area (Å²) >= 11 is 1.28. The van der Waals surface area contributed by atoms with E-state index in [4.69, 9.17) is 0 Å². The third kappa shape index (κ3) is 5.07. The Kier molecular flexibility index (Phi) is 6.24. The average Bonchev–Trinajstić information content (AvgIpc) is 3.27. The number of benzene rings is 3. The molecule has 0 atom stereocenters. The highest BCUT2D eigenvalue weighted by Gasteiger charge is 2.13. The maximum absolute atomic E-state index is 13.1. The molecule has 4 rings (SSSR count). The van der Waals surface area contributed by atoms with Crippen molar-refractivity contribution in [2.24, 2.45) is 0 Å². The van der Waals surface area contributed by atoms with Crippen LogP contribution in [-0.4, -0.2) is 27.0 Å². The molecule has 3 aromatic carbocycles. The van der Waals surface area contributed by atoms with Gasteiger partial charge in [0.05, 0.1) is 5.75 Å². The van der Waals surface area contributed by atoms with Gasteiger partial charge in [0.2, 0.25) is 0 Å². The molecular weight excluding hydrogens is 413 g/mol. The van der Waals surface area contributed by atoms with Crippen molar-refractivity contribution in [3.63, 3.8) is 0 Å². The Morgan fingerprint density at radius 3 is 2.48 bits per heavy atom. The molecule has 0 aliphatic heterocycles. The highest BCUT2D eigenvalue weighted by atomic mass is 32.2. The van der Waals surface area contributed by atoms with Crippen LogP contribution in [0.15, 0.2) is 96.4 Å². The van der Waals surface area contributed by atoms with Crippen molar-refractivity contribution in [3.05, 3.63) is 108 Å². The van der Waals surface area contributed by atoms with Crippen LogP contribution in [0.25, 0.3) is 5.69 Å². The van der Waals surface area contributed by atoms with E-state index in [-0.39, 0.29) is 23.3 Å². The SMILES string of the molecule is O=C(CSc1nccn1-c1cccc(C(=O)Nc2ccccc2)c1)c1ccc(F)cc1. The molecular formula is C24H18FN3O2S. The summed E-state index contributed by atoms with van der Waals surface area (Å²) in [7, 11) is 0. The van der Waals surface area contributed by atoms with Gasteiger partial charge >= 0.3 is 0 Å². The number of halogens is 1. The Labute approximate surface area is 182 Å². The summed E-state index contributed by atoms with van der Waals surface area (Å²) in [5.41, 5.74) is 2.44. The number of ketones is 1. The number of anilines is 1. The summed E-state index contributed by atoms with van der Waals surface area (Å²) in [4.78, 5) is 29.3. The van der Waals surface area contributed by atoms with Gasteiger partial charge in [-0.2, -0.15) is 0 Å². The van der Waals surface area contributed by atoms with Crippen LogP contribution in [0, 0.1) is 5.82 Å². The van der Waals surface area contributed by atoms with Crippen LogP contribution < -0.4 is 5.32 Å². The Balaban J connectivity index is 1.48. The molecule has 1 aromatic heterocycles. The largest absolute Gasteiger partial charge is 0.322 e. The third-order valence-electron chi connectivity index (χ3n) is 4.52. The number of thioether (sulfide) groups is 1. The maximum Gasteiger partial charge on any atom is 0.255 e. The summed E-state index contributed by atoms with van der Waals surface area (Å²) in [6.45, 7) is 0. The van der Waals surface area contributed by atoms with Gasteiger partial charge in [0.15, 0.2) is 10.9 Å². The highest BCUT2D eigenvalue weighted by molar-refractivity contribution is 7.99. The van der Waals surface area contributed by atoms with E-state index in [1.54, 1.807) is 30.6 Å². The van der Waals surface area contributed by atoms with Crippen molar-refractivity contribution in [1.29, 1.82) is 0 Å². The standard InChI is InChI=1S/C24H18FN3O2S/c25-19-11-9-17(10-12-19)22(29)16-31-24-26-13-14-28(24)21-8-4-5-18(15-21)23(30)27-20-6-2-1-3-7-20/h1-15H,16H2,(H,27,30). The number of carbonyl (C=O) groups is 2. The van der Waals surface area contributed by atoms with E-state index in [1.807, 2.05) is 41.0 Å². The molecule has 4 aromatic rings. The number of carbonyl (C=O) groups excluding carboxylic acids is 2. The van der Waals surface area contributed by atoms with Crippen molar-refractivity contribution in [2.75, 3.05) is 11.1 Å². The second-order valence-corrected chi connectivity index (χ2v) is 7.61. The van der Waals surface area contributed by atoms with Crippen LogP contribution >= 0.6 is 11.8 Å². The molecule has 0 saturated heterocycles. The lowest BCUT2D eigenvalue weighted by Crippen LogP contribution is -2.12. The van der Waals surface area contributed by atoms with E-state index in [2.05, 4.69) is 10.3 Å². The zero-order chi connectivity index (χ0) is 21.6. The summed E-state index contributed by atoms with van der Waals surface area (Å²) < 4.78 is 14.9. The predicted octanol–water partition coefficient (Wildman–Crippen LogP) is 5.24. The van der Waals surface area contributed by atoms with Crippen molar-refractivity contribution in [3.8, 4) is 5.69 Å². The van der Waals surface area contributed by atoms with Crippen molar-refractivity contribution >= 4 is 29.1 Å². The molecule has 0 saturated carbocycles. The first kappa shape index (κ1) is 20.6. The fourth-order valence-electron chi connectivity index (χ4n) is 2.96. The van der Waals surface area contributed by atoms with Crippen LogP contribution in [0.3, 0.4) is 0 Å². The van der Waals surface area contributed by atoms with Gasteiger partial charge in [-0.3, -0.25) is 14.2 Å². The van der Waals surface area contributed by atoms with Crippen LogP contribution in [0.2, 0.25) is 0 Å². The lowest BCUT2D eigenvalue weighted by atomic mass is 10.1. The lowest BCUT2D eigenvalue weighted by Gasteiger charge is -2.10. The molecule has 1 amide bonds. The number of nitrogens with one attached hydrogen (secondary N) is 1. The molecule has 0 aliphatic rings. The molecule has 1 N–H and O–H groups in total. The molecule has 0 radical (unpaired) electrons. The summed E-state index contributed by atoms with van der Waals surface area (Å²) in [6.07, 6.45) is 3.42. The molecule has 0 aliphatic carbocycles. The molecule has 7 heteroatoms. The Morgan fingerprint density at radius 2 is 1.71 bits per heavy atom. The van der Waals surface area contributed by atoms with Crippen LogP contribution in [-0.2, 0) is 0 Å². The third-order valence-corrected chi connectivity index (χ3v) is 5.49. The molecule has 5 nitrogen and oxygen atoms in total. The van der Waals surface area contributed by atoms with Gasteiger partial charge in [0.25, 0.3) is 5.91 Å². The number of rotatable bonds is 7. The number of Topliss-reactive ketones (excluding diaryl/α,β-unsaturated/α-hetero) is 1. The van der Waals surface area contributed by atoms with E-state index in [0.717, 1.165) is 11.4 Å². The minimum Gasteiger partial charge on any atom is -0.322 e. The molecule has 0 bridgehead atoms. The summed E-state index contributed by atoms with van der Waals surface area (Å²) in [6, 6.07) is 21.9. The zero-order valence-corrected chi connectivity index (χ0v) is 17.2. The van der Waals surface area contributed by atoms with E-state index < -0.39 is 0 Å². The first-order valence-corrected chi connectivity index (χ1v) is 10.5. The number of para-hydroxylation sites is 1. The summed E-state index contributed by atoms with van der Waals surface area (Å²) in [5, 5.41) is 3.49. The number of amides is 1.